The molecular weight excluding hydrogens is 1770 g/mol. The highest BCUT2D eigenvalue weighted by Gasteiger charge is 2.51. The fourth-order valence-corrected chi connectivity index (χ4v) is 25.5. The van der Waals surface area contributed by atoms with Crippen LogP contribution in [-0.4, -0.2) is 0 Å². The van der Waals surface area contributed by atoms with Gasteiger partial charge >= 0.3 is 0 Å². The normalized spacial score (nSPS) is 14.0. The average Bonchev–Trinajstić information content (AvgIpc) is 1.55. The molecule has 147 heavy (non-hydrogen) atoms. The number of aryl methyl sites for hydroxylation is 18. The molecule has 0 fully saturated rings. The summed E-state index contributed by atoms with van der Waals surface area (Å²) in [5.41, 5.74) is 66.9. The maximum absolute atomic E-state index is 2.40. The van der Waals surface area contributed by atoms with E-state index in [-0.39, 0.29) is 27.1 Å². The first-order valence-electron chi connectivity index (χ1n) is 52.8. The van der Waals surface area contributed by atoms with Gasteiger partial charge in [-0.3, -0.25) is 0 Å². The lowest BCUT2D eigenvalue weighted by Gasteiger charge is -2.34. The molecule has 0 heteroatoms. The predicted molar refractivity (Wildman–Crippen MR) is 624 cm³/mol. The lowest BCUT2D eigenvalue weighted by atomic mass is 9.67. The Labute approximate surface area is 874 Å². The van der Waals surface area contributed by atoms with Crippen molar-refractivity contribution in [1.29, 1.82) is 0 Å². The lowest BCUT2D eigenvalue weighted by Crippen LogP contribution is -2.29. The summed E-state index contributed by atoms with van der Waals surface area (Å²) in [6.45, 7) is 46.3. The zero-order valence-corrected chi connectivity index (χ0v) is 89.5. The van der Waals surface area contributed by atoms with Crippen LogP contribution < -0.4 is 0 Å². The quantitative estimate of drug-likeness (QED) is 0.142. The molecule has 722 valence electrons. The first kappa shape index (κ1) is 97.5. The van der Waals surface area contributed by atoms with E-state index >= 15 is 0 Å². The Hall–Kier alpha value is -15.6. The monoisotopic (exact) mass is 1900 g/mol. The van der Waals surface area contributed by atoms with Crippen molar-refractivity contribution < 1.29 is 0 Å². The van der Waals surface area contributed by atoms with Crippen LogP contribution in [-0.2, 0) is 27.1 Å². The van der Waals surface area contributed by atoms with E-state index in [4.69, 9.17) is 0 Å². The molecule has 26 rings (SSSR count). The highest BCUT2D eigenvalue weighted by Crippen LogP contribution is 2.63. The molecule has 0 atom stereocenters. The van der Waals surface area contributed by atoms with Crippen molar-refractivity contribution >= 4 is 0 Å². The first-order valence-corrected chi connectivity index (χ1v) is 52.8. The van der Waals surface area contributed by atoms with Crippen LogP contribution in [0.1, 0.15) is 238 Å². The standard InChI is InChI=1S/2C29H26.2C28H24.C17H18.C16H16/c1-19-5-11-23(12-6-19)29(24-13-7-20(2)8-14-24)27-17-21(3)9-15-25(27)26-16-10-22(4)18-28(26)29;1-19-7-5-9-23(15-19)29(24-10-6-8-20(2)16-24)27-17-21(3)11-13-25(27)26-14-12-22(4)18-28(26)29;1-19-8-7-11-23(16-19)28(22-9-5-4-6-10-22)26-17-20(2)12-14-24(26)25-15-13-21(3)18-27(25)28;1-19-9-13-23(14-10-19)28(22-7-5-4-6-8-22)26-17-20(2)11-15-24(26)25-16-12-21(3)18-27(25)28;1-11-5-7-13-14-8-6-12(2)10-16(14)17(3,4)15(13)9-11;1-10-4-6-13-14-7-5-11(2)9-16(14)12(3)15(13)8-10/h2*5-18H,1-4H3;2*4-18H,1-3H3;5-10H,1-4H3;4-9,12H,1-3H3. The molecule has 0 aromatic heterocycles. The third-order valence-electron chi connectivity index (χ3n) is 32.6. The van der Waals surface area contributed by atoms with E-state index in [0.717, 1.165) is 0 Å². The lowest BCUT2D eigenvalue weighted by molar-refractivity contribution is 0.659. The van der Waals surface area contributed by atoms with E-state index < -0.39 is 0 Å². The summed E-state index contributed by atoms with van der Waals surface area (Å²) < 4.78 is 0. The van der Waals surface area contributed by atoms with Crippen molar-refractivity contribution in [1.82, 2.24) is 0 Å². The molecule has 20 aromatic carbocycles. The van der Waals surface area contributed by atoms with Crippen molar-refractivity contribution in [2.45, 2.75) is 178 Å². The van der Waals surface area contributed by atoms with Gasteiger partial charge in [0.2, 0.25) is 0 Å². The summed E-state index contributed by atoms with van der Waals surface area (Å²) in [6.07, 6.45) is 0. The van der Waals surface area contributed by atoms with Gasteiger partial charge in [-0.2, -0.15) is 0 Å². The molecule has 6 aliphatic rings. The molecule has 0 nitrogen and oxygen atoms in total. The number of hydrogen-bond acceptors (Lipinski definition) is 0. The van der Waals surface area contributed by atoms with E-state index in [1.807, 2.05) is 0 Å². The van der Waals surface area contributed by atoms with Gasteiger partial charge in [-0.15, -0.1) is 0 Å². The van der Waals surface area contributed by atoms with Crippen LogP contribution in [0.15, 0.2) is 425 Å². The van der Waals surface area contributed by atoms with Gasteiger partial charge in [-0.1, -0.05) is 546 Å². The summed E-state index contributed by atoms with van der Waals surface area (Å²) >= 11 is 0. The molecule has 20 aromatic rings. The molecule has 0 N–H and O–H groups in total. The van der Waals surface area contributed by atoms with Gasteiger partial charge in [-0.05, 0) is 303 Å². The Balaban J connectivity index is 0.000000105. The molecule has 0 heterocycles. The highest BCUT2D eigenvalue weighted by molar-refractivity contribution is 5.92. The van der Waals surface area contributed by atoms with Gasteiger partial charge in [0, 0.05) is 11.3 Å². The Kier molecular flexibility index (Phi) is 25.7. The summed E-state index contributed by atoms with van der Waals surface area (Å²) in [7, 11) is 0. The summed E-state index contributed by atoms with van der Waals surface area (Å²) in [5, 5.41) is 0. The Morgan fingerprint density at radius 3 is 0.503 bits per heavy atom. The van der Waals surface area contributed by atoms with Crippen LogP contribution in [0, 0.1) is 125 Å². The summed E-state index contributed by atoms with van der Waals surface area (Å²) in [5.74, 6) is 0.546. The van der Waals surface area contributed by atoms with Crippen LogP contribution in [0.3, 0.4) is 0 Å². The zero-order chi connectivity index (χ0) is 102. The molecule has 0 bridgehead atoms. The topological polar surface area (TPSA) is 0 Å². The predicted octanol–water partition coefficient (Wildman–Crippen LogP) is 37.6. The first-order chi connectivity index (χ1) is 70.9. The molecule has 0 amide bonds. The molecule has 0 saturated heterocycles. The fraction of sp³-hybridized carbons (Fsp3) is 0.184. The third-order valence-corrected chi connectivity index (χ3v) is 32.6. The highest BCUT2D eigenvalue weighted by atomic mass is 14.5. The van der Waals surface area contributed by atoms with Gasteiger partial charge < -0.3 is 0 Å². The van der Waals surface area contributed by atoms with Gasteiger partial charge in [0.05, 0.1) is 21.7 Å². The number of rotatable bonds is 8. The molecule has 0 spiro atoms. The van der Waals surface area contributed by atoms with Crippen LogP contribution in [0.2, 0.25) is 0 Å². The second-order valence-electron chi connectivity index (χ2n) is 44.0. The van der Waals surface area contributed by atoms with Gasteiger partial charge in [0.25, 0.3) is 0 Å². The average molecular weight is 1900 g/mol. The Bertz CT molecular complexity index is 8090. The van der Waals surface area contributed by atoms with Crippen molar-refractivity contribution in [2.75, 3.05) is 0 Å². The zero-order valence-electron chi connectivity index (χ0n) is 89.5. The minimum Gasteiger partial charge on any atom is -0.0622 e. The number of benzene rings is 20. The van der Waals surface area contributed by atoms with Crippen LogP contribution in [0.5, 0.6) is 0 Å². The smallest absolute Gasteiger partial charge is 0.0622 e. The number of fused-ring (bicyclic) bond motifs is 18. The SMILES string of the molecule is Cc1ccc(C2(c3ccc(C)cc3)c3cc(C)ccc3-c3ccc(C)cc32)cc1.Cc1ccc(C2(c3ccccc3)c3cc(C)ccc3-c3ccc(C)cc32)cc1.Cc1ccc2c(c1)C(C)(C)c1cc(C)ccc1-2.Cc1ccc2c(c1)C(C)c1cc(C)ccc1-2.Cc1cccc(C2(c3cccc(C)c3)c3cc(C)ccc3-c3ccc(C)cc32)c1.Cc1cccc(C2(c3ccccc3)c3cc(C)ccc3-c3ccc(C)cc32)c1. The molecule has 0 radical (unpaired) electrons. The summed E-state index contributed by atoms with van der Waals surface area (Å²) in [6, 6.07) is 159. The van der Waals surface area contributed by atoms with Gasteiger partial charge in [0.1, 0.15) is 0 Å². The minimum atomic E-state index is -0.291. The Morgan fingerprint density at radius 1 is 0.129 bits per heavy atom. The van der Waals surface area contributed by atoms with E-state index in [1.54, 1.807) is 0 Å². The van der Waals surface area contributed by atoms with Crippen molar-refractivity contribution in [3.8, 4) is 66.8 Å². The van der Waals surface area contributed by atoms with E-state index in [0.29, 0.717) is 5.92 Å². The van der Waals surface area contributed by atoms with Crippen molar-refractivity contribution in [2.24, 2.45) is 0 Å². The minimum absolute atomic E-state index is 0.142. The molecule has 0 aliphatic heterocycles. The molecule has 0 unspecified atom stereocenters. The van der Waals surface area contributed by atoms with Crippen molar-refractivity contribution in [3.05, 3.63) is 636 Å². The van der Waals surface area contributed by atoms with E-state index in [1.165, 1.54) is 278 Å². The van der Waals surface area contributed by atoms with E-state index in [2.05, 4.69) is 570 Å². The summed E-state index contributed by atoms with van der Waals surface area (Å²) in [4.78, 5) is 0. The van der Waals surface area contributed by atoms with Gasteiger partial charge in [0.15, 0.2) is 0 Å². The number of hydrogen-bond donors (Lipinski definition) is 0. The van der Waals surface area contributed by atoms with Crippen LogP contribution in [0.25, 0.3) is 66.8 Å². The van der Waals surface area contributed by atoms with Gasteiger partial charge in [-0.25, -0.2) is 0 Å². The van der Waals surface area contributed by atoms with E-state index in [9.17, 15) is 0 Å². The maximum atomic E-state index is 2.40. The molecular formula is C147H134. The second-order valence-corrected chi connectivity index (χ2v) is 44.0. The molecule has 0 saturated carbocycles. The molecule has 6 aliphatic carbocycles. The fourth-order valence-electron chi connectivity index (χ4n) is 25.5. The second kappa shape index (κ2) is 38.7. The largest absolute Gasteiger partial charge is 0.0713 e. The van der Waals surface area contributed by atoms with Crippen LogP contribution in [0.4, 0.5) is 0 Å². The van der Waals surface area contributed by atoms with Crippen LogP contribution >= 0.6 is 0 Å². The Morgan fingerprint density at radius 2 is 0.286 bits per heavy atom. The maximum Gasteiger partial charge on any atom is 0.0713 e. The third kappa shape index (κ3) is 16.9. The van der Waals surface area contributed by atoms with Crippen molar-refractivity contribution in [3.63, 3.8) is 0 Å².